The number of hydrogen-bond acceptors (Lipinski definition) is 3. The first-order chi connectivity index (χ1) is 8.69. The molecule has 2 heterocycles. The van der Waals surface area contributed by atoms with Crippen LogP contribution in [0.25, 0.3) is 11.0 Å². The summed E-state index contributed by atoms with van der Waals surface area (Å²) in [6.45, 7) is 0.880. The van der Waals surface area contributed by atoms with Crippen LogP contribution in [0, 0.1) is 0 Å². The van der Waals surface area contributed by atoms with E-state index in [4.69, 9.17) is 21.3 Å². The molecule has 1 N–H and O–H groups in total. The molecule has 1 aromatic carbocycles. The number of imidazole rings is 1. The molecule has 0 aliphatic carbocycles. The maximum Gasteiger partial charge on any atom is 0.126 e. The highest BCUT2D eigenvalue weighted by Crippen LogP contribution is 2.27. The van der Waals surface area contributed by atoms with Gasteiger partial charge in [0.1, 0.15) is 5.82 Å². The number of ether oxygens (including phenoxy) is 1. The molecule has 1 aromatic heterocycles. The Kier molecular flexibility index (Phi) is 3.01. The lowest BCUT2D eigenvalue weighted by molar-refractivity contribution is 0.117. The van der Waals surface area contributed by atoms with Gasteiger partial charge in [-0.05, 0) is 24.6 Å². The van der Waals surface area contributed by atoms with Gasteiger partial charge in [0, 0.05) is 25.7 Å². The van der Waals surface area contributed by atoms with Crippen molar-refractivity contribution in [1.82, 2.24) is 14.9 Å². The van der Waals surface area contributed by atoms with Gasteiger partial charge in [0.15, 0.2) is 0 Å². The normalized spacial score (nSPS) is 23.9. The van der Waals surface area contributed by atoms with Crippen LogP contribution in [0.5, 0.6) is 0 Å². The molecule has 0 radical (unpaired) electrons. The van der Waals surface area contributed by atoms with Gasteiger partial charge < -0.3 is 14.6 Å². The lowest BCUT2D eigenvalue weighted by Gasteiger charge is -2.10. The van der Waals surface area contributed by atoms with Crippen molar-refractivity contribution < 1.29 is 4.74 Å². The van der Waals surface area contributed by atoms with Crippen molar-refractivity contribution >= 4 is 22.6 Å². The Morgan fingerprint density at radius 3 is 3.06 bits per heavy atom. The molecule has 2 atom stereocenters. The molecule has 2 aromatic rings. The monoisotopic (exact) mass is 265 g/mol. The predicted octanol–water partition coefficient (Wildman–Crippen LogP) is 2.28. The molecule has 1 saturated heterocycles. The molecular weight excluding hydrogens is 250 g/mol. The van der Waals surface area contributed by atoms with E-state index in [2.05, 4.69) is 9.88 Å². The molecule has 1 aliphatic rings. The first-order valence-corrected chi connectivity index (χ1v) is 6.45. The number of nitrogens with zero attached hydrogens (tertiary/aromatic N) is 2. The quantitative estimate of drug-likeness (QED) is 0.906. The van der Waals surface area contributed by atoms with Gasteiger partial charge in [-0.1, -0.05) is 11.6 Å². The van der Waals surface area contributed by atoms with Gasteiger partial charge in [-0.25, -0.2) is 4.98 Å². The Hall–Kier alpha value is -1.10. The summed E-state index contributed by atoms with van der Waals surface area (Å²) in [4.78, 5) is 4.69. The third-order valence-electron chi connectivity index (χ3n) is 3.61. The maximum atomic E-state index is 6.03. The first-order valence-electron chi connectivity index (χ1n) is 6.07. The van der Waals surface area contributed by atoms with Crippen molar-refractivity contribution in [3.8, 4) is 0 Å². The molecule has 3 rings (SSSR count). The summed E-state index contributed by atoms with van der Waals surface area (Å²) in [5.74, 6) is 1.05. The Morgan fingerprint density at radius 1 is 1.50 bits per heavy atom. The highest BCUT2D eigenvalue weighted by atomic mass is 35.5. The van der Waals surface area contributed by atoms with Crippen LogP contribution in [0.3, 0.4) is 0 Å². The molecule has 0 amide bonds. The number of nitrogens with one attached hydrogen (secondary N) is 1. The van der Waals surface area contributed by atoms with Gasteiger partial charge in [0.05, 0.1) is 23.2 Å². The number of aromatic nitrogens is 2. The second-order valence-corrected chi connectivity index (χ2v) is 5.15. The molecule has 4 nitrogen and oxygen atoms in total. The summed E-state index contributed by atoms with van der Waals surface area (Å²) >= 11 is 6.03. The minimum Gasteiger partial charge on any atom is -0.380 e. The Balaban J connectivity index is 2.00. The van der Waals surface area contributed by atoms with Gasteiger partial charge in [0.2, 0.25) is 0 Å². The van der Waals surface area contributed by atoms with E-state index >= 15 is 0 Å². The van der Waals surface area contributed by atoms with E-state index in [-0.39, 0.29) is 12.1 Å². The van der Waals surface area contributed by atoms with Crippen molar-refractivity contribution in [2.75, 3.05) is 13.7 Å². The summed E-state index contributed by atoms with van der Waals surface area (Å²) in [5, 5.41) is 4.19. The Bertz CT molecular complexity index is 581. The zero-order valence-corrected chi connectivity index (χ0v) is 11.2. The summed E-state index contributed by atoms with van der Waals surface area (Å²) in [6.07, 6.45) is 1.24. The molecular formula is C13H16ClN3O. The number of hydrogen-bond donors (Lipinski definition) is 1. The van der Waals surface area contributed by atoms with Crippen LogP contribution < -0.4 is 5.32 Å². The molecule has 18 heavy (non-hydrogen) atoms. The van der Waals surface area contributed by atoms with Crippen molar-refractivity contribution in [3.63, 3.8) is 0 Å². The molecule has 2 unspecified atom stereocenters. The van der Waals surface area contributed by atoms with E-state index in [1.807, 2.05) is 25.2 Å². The molecule has 0 saturated carbocycles. The predicted molar refractivity (Wildman–Crippen MR) is 71.9 cm³/mol. The van der Waals surface area contributed by atoms with E-state index in [0.29, 0.717) is 0 Å². The van der Waals surface area contributed by atoms with Gasteiger partial charge in [-0.2, -0.15) is 0 Å². The van der Waals surface area contributed by atoms with Gasteiger partial charge in [0.25, 0.3) is 0 Å². The van der Waals surface area contributed by atoms with E-state index < -0.39 is 0 Å². The SMILES string of the molecule is COC1CNC(c2nc3ccc(Cl)cc3n2C)C1. The summed E-state index contributed by atoms with van der Waals surface area (Å²) in [7, 11) is 3.78. The molecule has 1 aliphatic heterocycles. The summed E-state index contributed by atoms with van der Waals surface area (Å²) in [6, 6.07) is 6.05. The number of benzene rings is 1. The minimum absolute atomic E-state index is 0.256. The molecule has 96 valence electrons. The molecule has 1 fully saturated rings. The highest BCUT2D eigenvalue weighted by Gasteiger charge is 2.28. The van der Waals surface area contributed by atoms with E-state index in [1.54, 1.807) is 7.11 Å². The van der Waals surface area contributed by atoms with Crippen LogP contribution in [0.2, 0.25) is 5.02 Å². The summed E-state index contributed by atoms with van der Waals surface area (Å²) < 4.78 is 7.48. The number of aryl methyl sites for hydroxylation is 1. The lowest BCUT2D eigenvalue weighted by atomic mass is 10.2. The fraction of sp³-hybridized carbons (Fsp3) is 0.462. The lowest BCUT2D eigenvalue weighted by Crippen LogP contribution is -2.18. The van der Waals surface area contributed by atoms with Crippen molar-refractivity contribution in [3.05, 3.63) is 29.0 Å². The zero-order chi connectivity index (χ0) is 12.7. The highest BCUT2D eigenvalue weighted by molar-refractivity contribution is 6.31. The molecule has 5 heteroatoms. The van der Waals surface area contributed by atoms with E-state index in [1.165, 1.54) is 0 Å². The fourth-order valence-corrected chi connectivity index (χ4v) is 2.74. The topological polar surface area (TPSA) is 39.1 Å². The van der Waals surface area contributed by atoms with E-state index in [9.17, 15) is 0 Å². The summed E-state index contributed by atoms with van der Waals surface area (Å²) in [5.41, 5.74) is 2.06. The standard InChI is InChI=1S/C13H16ClN3O/c1-17-12-5-8(14)3-4-10(12)16-13(17)11-6-9(18-2)7-15-11/h3-5,9,11,15H,6-7H2,1-2H3. The largest absolute Gasteiger partial charge is 0.380 e. The third-order valence-corrected chi connectivity index (χ3v) is 3.85. The average Bonchev–Trinajstić information content (AvgIpc) is 2.95. The Morgan fingerprint density at radius 2 is 2.33 bits per heavy atom. The second-order valence-electron chi connectivity index (χ2n) is 4.72. The van der Waals surface area contributed by atoms with Gasteiger partial charge >= 0.3 is 0 Å². The maximum absolute atomic E-state index is 6.03. The number of methoxy groups -OCH3 is 1. The number of fused-ring (bicyclic) bond motifs is 1. The first kappa shape index (κ1) is 12.0. The second kappa shape index (κ2) is 4.53. The average molecular weight is 266 g/mol. The van der Waals surface area contributed by atoms with Crippen molar-refractivity contribution in [1.29, 1.82) is 0 Å². The van der Waals surface area contributed by atoms with Crippen LogP contribution in [0.4, 0.5) is 0 Å². The van der Waals surface area contributed by atoms with Crippen LogP contribution in [-0.2, 0) is 11.8 Å². The third kappa shape index (κ3) is 1.90. The van der Waals surface area contributed by atoms with Crippen LogP contribution >= 0.6 is 11.6 Å². The van der Waals surface area contributed by atoms with Crippen LogP contribution in [-0.4, -0.2) is 29.3 Å². The minimum atomic E-state index is 0.256. The smallest absolute Gasteiger partial charge is 0.126 e. The van der Waals surface area contributed by atoms with Crippen LogP contribution in [0.1, 0.15) is 18.3 Å². The molecule has 0 spiro atoms. The van der Waals surface area contributed by atoms with E-state index in [0.717, 1.165) is 34.8 Å². The number of rotatable bonds is 2. The number of halogens is 1. The zero-order valence-electron chi connectivity index (χ0n) is 10.5. The molecule has 0 bridgehead atoms. The van der Waals surface area contributed by atoms with Gasteiger partial charge in [-0.3, -0.25) is 0 Å². The Labute approximate surface area is 111 Å². The van der Waals surface area contributed by atoms with Crippen LogP contribution in [0.15, 0.2) is 18.2 Å². The van der Waals surface area contributed by atoms with Crippen molar-refractivity contribution in [2.24, 2.45) is 7.05 Å². The van der Waals surface area contributed by atoms with Crippen molar-refractivity contribution in [2.45, 2.75) is 18.6 Å². The fourth-order valence-electron chi connectivity index (χ4n) is 2.57. The van der Waals surface area contributed by atoms with Gasteiger partial charge in [-0.15, -0.1) is 0 Å².